The van der Waals surface area contributed by atoms with E-state index in [1.165, 1.54) is 16.7 Å². The van der Waals surface area contributed by atoms with Gasteiger partial charge in [0, 0.05) is 43.6 Å². The number of hydrogen-bond donors (Lipinski definition) is 0. The van der Waals surface area contributed by atoms with E-state index in [9.17, 15) is 4.79 Å². The van der Waals surface area contributed by atoms with E-state index in [4.69, 9.17) is 4.74 Å². The van der Waals surface area contributed by atoms with Crippen molar-refractivity contribution in [1.82, 2.24) is 14.8 Å². The number of methoxy groups -OCH3 is 1. The van der Waals surface area contributed by atoms with Gasteiger partial charge in [0.1, 0.15) is 5.75 Å². The summed E-state index contributed by atoms with van der Waals surface area (Å²) >= 11 is 0. The summed E-state index contributed by atoms with van der Waals surface area (Å²) in [6, 6.07) is 8.98. The van der Waals surface area contributed by atoms with Gasteiger partial charge in [0.2, 0.25) is 0 Å². The number of piperazine rings is 1. The maximum atomic E-state index is 12.9. The number of ether oxygens (including phenoxy) is 1. The molecule has 2 aliphatic heterocycles. The SMILES string of the molecule is COc1ccc(C2CC[C@H]3CN(C(=O)c4ccc(C)nc4)CCN23)c(C)c1C. The minimum atomic E-state index is 0.104. The van der Waals surface area contributed by atoms with Crippen molar-refractivity contribution in [3.63, 3.8) is 0 Å². The molecule has 2 atom stereocenters. The van der Waals surface area contributed by atoms with Gasteiger partial charge in [-0.2, -0.15) is 0 Å². The van der Waals surface area contributed by atoms with Crippen molar-refractivity contribution in [2.24, 2.45) is 0 Å². The average Bonchev–Trinajstić information content (AvgIpc) is 3.13. The van der Waals surface area contributed by atoms with Crippen LogP contribution in [0.5, 0.6) is 5.75 Å². The summed E-state index contributed by atoms with van der Waals surface area (Å²) in [6.07, 6.45) is 3.97. The molecule has 1 aromatic carbocycles. The van der Waals surface area contributed by atoms with Crippen molar-refractivity contribution in [1.29, 1.82) is 0 Å². The smallest absolute Gasteiger partial charge is 0.255 e. The number of rotatable bonds is 3. The number of aromatic nitrogens is 1. The molecule has 0 N–H and O–H groups in total. The number of fused-ring (bicyclic) bond motifs is 1. The van der Waals surface area contributed by atoms with Gasteiger partial charge in [-0.1, -0.05) is 6.07 Å². The van der Waals surface area contributed by atoms with Crippen LogP contribution in [0.1, 0.15) is 51.6 Å². The Hall–Kier alpha value is -2.40. The molecule has 0 radical (unpaired) electrons. The second-order valence-electron chi connectivity index (χ2n) is 8.03. The fourth-order valence-corrected chi connectivity index (χ4v) is 4.75. The number of benzene rings is 1. The Balaban J connectivity index is 1.49. The highest BCUT2D eigenvalue weighted by molar-refractivity contribution is 5.94. The highest BCUT2D eigenvalue weighted by Crippen LogP contribution is 2.41. The standard InChI is InChI=1S/C23H29N3O2/c1-15-5-6-18(13-24-15)23(27)25-11-12-26-19(14-25)7-9-21(26)20-8-10-22(28-4)17(3)16(20)2/h5-6,8,10,13,19,21H,7,9,11-12,14H2,1-4H3/t19-,21?/m0/s1. The van der Waals surface area contributed by atoms with Crippen LogP contribution >= 0.6 is 0 Å². The zero-order chi connectivity index (χ0) is 19.8. The first-order valence-corrected chi connectivity index (χ1v) is 10.1. The maximum absolute atomic E-state index is 12.9. The molecule has 0 bridgehead atoms. The number of nitrogens with zero attached hydrogens (tertiary/aromatic N) is 3. The Bertz CT molecular complexity index is 878. The predicted octanol–water partition coefficient (Wildman–Crippen LogP) is 3.68. The second kappa shape index (κ2) is 7.55. The van der Waals surface area contributed by atoms with Crippen LogP contribution in [-0.2, 0) is 0 Å². The van der Waals surface area contributed by atoms with E-state index in [0.717, 1.165) is 43.9 Å². The summed E-state index contributed by atoms with van der Waals surface area (Å²) in [4.78, 5) is 21.8. The van der Waals surface area contributed by atoms with Gasteiger partial charge in [-0.15, -0.1) is 0 Å². The van der Waals surface area contributed by atoms with E-state index in [0.29, 0.717) is 17.6 Å². The van der Waals surface area contributed by atoms with Crippen LogP contribution in [0.2, 0.25) is 0 Å². The van der Waals surface area contributed by atoms with Gasteiger partial charge in [0.05, 0.1) is 12.7 Å². The van der Waals surface area contributed by atoms with Crippen molar-refractivity contribution in [2.45, 2.75) is 45.7 Å². The monoisotopic (exact) mass is 379 g/mol. The lowest BCUT2D eigenvalue weighted by Gasteiger charge is -2.40. The highest BCUT2D eigenvalue weighted by Gasteiger charge is 2.40. The Kier molecular flexibility index (Phi) is 5.11. The molecule has 28 heavy (non-hydrogen) atoms. The molecule has 1 unspecified atom stereocenters. The molecule has 2 fully saturated rings. The van der Waals surface area contributed by atoms with Crippen molar-refractivity contribution in [3.8, 4) is 5.75 Å². The molecule has 1 amide bonds. The first kappa shape index (κ1) is 18.9. The first-order valence-electron chi connectivity index (χ1n) is 10.1. The average molecular weight is 380 g/mol. The van der Waals surface area contributed by atoms with Gasteiger partial charge >= 0.3 is 0 Å². The molecule has 148 valence electrons. The fraction of sp³-hybridized carbons (Fsp3) is 0.478. The normalized spacial score (nSPS) is 22.2. The minimum Gasteiger partial charge on any atom is -0.496 e. The van der Waals surface area contributed by atoms with E-state index in [1.54, 1.807) is 13.3 Å². The van der Waals surface area contributed by atoms with E-state index in [2.05, 4.69) is 35.9 Å². The molecular formula is C23H29N3O2. The fourth-order valence-electron chi connectivity index (χ4n) is 4.75. The molecule has 5 heteroatoms. The molecule has 2 saturated heterocycles. The van der Waals surface area contributed by atoms with Crippen molar-refractivity contribution in [2.75, 3.05) is 26.7 Å². The molecule has 5 nitrogen and oxygen atoms in total. The molecule has 1 aromatic heterocycles. The maximum Gasteiger partial charge on any atom is 0.255 e. The Labute approximate surface area is 167 Å². The van der Waals surface area contributed by atoms with Gasteiger partial charge in [-0.3, -0.25) is 14.7 Å². The van der Waals surface area contributed by atoms with Crippen molar-refractivity contribution < 1.29 is 9.53 Å². The number of aryl methyl sites for hydroxylation is 1. The Morgan fingerprint density at radius 3 is 2.61 bits per heavy atom. The summed E-state index contributed by atoms with van der Waals surface area (Å²) in [6.45, 7) is 8.77. The van der Waals surface area contributed by atoms with Crippen LogP contribution in [0.15, 0.2) is 30.5 Å². The van der Waals surface area contributed by atoms with Gasteiger partial charge in [-0.05, 0) is 68.5 Å². The molecular weight excluding hydrogens is 350 g/mol. The number of hydrogen-bond acceptors (Lipinski definition) is 4. The quantitative estimate of drug-likeness (QED) is 0.816. The third-order valence-corrected chi connectivity index (χ3v) is 6.51. The number of amides is 1. The summed E-state index contributed by atoms with van der Waals surface area (Å²) in [5.41, 5.74) is 5.59. The van der Waals surface area contributed by atoms with Crippen LogP contribution < -0.4 is 4.74 Å². The molecule has 2 aromatic rings. The summed E-state index contributed by atoms with van der Waals surface area (Å²) in [5.74, 6) is 1.06. The Morgan fingerprint density at radius 1 is 1.07 bits per heavy atom. The lowest BCUT2D eigenvalue weighted by atomic mass is 9.95. The lowest BCUT2D eigenvalue weighted by Crippen LogP contribution is -2.52. The van der Waals surface area contributed by atoms with Crippen LogP contribution in [0.4, 0.5) is 0 Å². The van der Waals surface area contributed by atoms with Crippen LogP contribution in [0.3, 0.4) is 0 Å². The molecule has 2 aliphatic rings. The largest absolute Gasteiger partial charge is 0.496 e. The lowest BCUT2D eigenvalue weighted by molar-refractivity contribution is 0.0497. The van der Waals surface area contributed by atoms with E-state index in [1.807, 2.05) is 24.0 Å². The predicted molar refractivity (Wildman–Crippen MR) is 110 cm³/mol. The number of carbonyl (C=O) groups excluding carboxylic acids is 1. The molecule has 0 aliphatic carbocycles. The third-order valence-electron chi connectivity index (χ3n) is 6.51. The summed E-state index contributed by atoms with van der Waals surface area (Å²) in [7, 11) is 1.73. The topological polar surface area (TPSA) is 45.7 Å². The summed E-state index contributed by atoms with van der Waals surface area (Å²) < 4.78 is 5.48. The zero-order valence-electron chi connectivity index (χ0n) is 17.2. The third kappa shape index (κ3) is 3.28. The van der Waals surface area contributed by atoms with E-state index in [-0.39, 0.29) is 5.91 Å². The second-order valence-corrected chi connectivity index (χ2v) is 8.03. The molecule has 4 rings (SSSR count). The van der Waals surface area contributed by atoms with Gasteiger partial charge in [0.25, 0.3) is 5.91 Å². The van der Waals surface area contributed by atoms with Crippen molar-refractivity contribution >= 4 is 5.91 Å². The van der Waals surface area contributed by atoms with Gasteiger partial charge in [-0.25, -0.2) is 0 Å². The molecule has 0 spiro atoms. The number of pyridine rings is 1. The van der Waals surface area contributed by atoms with E-state index >= 15 is 0 Å². The zero-order valence-corrected chi connectivity index (χ0v) is 17.2. The van der Waals surface area contributed by atoms with Crippen LogP contribution in [0, 0.1) is 20.8 Å². The minimum absolute atomic E-state index is 0.104. The summed E-state index contributed by atoms with van der Waals surface area (Å²) in [5, 5.41) is 0. The van der Waals surface area contributed by atoms with Crippen molar-refractivity contribution in [3.05, 3.63) is 58.4 Å². The first-order chi connectivity index (χ1) is 13.5. The molecule has 0 saturated carbocycles. The highest BCUT2D eigenvalue weighted by atomic mass is 16.5. The Morgan fingerprint density at radius 2 is 1.89 bits per heavy atom. The molecule has 3 heterocycles. The van der Waals surface area contributed by atoms with Crippen LogP contribution in [-0.4, -0.2) is 53.5 Å². The van der Waals surface area contributed by atoms with Gasteiger partial charge in [0.15, 0.2) is 0 Å². The number of carbonyl (C=O) groups is 1. The van der Waals surface area contributed by atoms with Gasteiger partial charge < -0.3 is 9.64 Å². The van der Waals surface area contributed by atoms with Crippen LogP contribution in [0.25, 0.3) is 0 Å². The van der Waals surface area contributed by atoms with E-state index < -0.39 is 0 Å².